The standard InChI is InChI=1S/C26H20ClNO2/c27-22-15-13-19(14-16-22)23(18-25(29)20-8-3-1-4-9-20)24-12-7-17-28(24)26(30)21-10-5-2-6-11-21/h1-17,23H,18H2. The molecule has 0 saturated carbocycles. The van der Waals surface area contributed by atoms with E-state index < -0.39 is 0 Å². The fourth-order valence-electron chi connectivity index (χ4n) is 3.60. The number of carbonyl (C=O) groups is 2. The summed E-state index contributed by atoms with van der Waals surface area (Å²) in [6.45, 7) is 0. The lowest BCUT2D eigenvalue weighted by atomic mass is 9.88. The highest BCUT2D eigenvalue weighted by atomic mass is 35.5. The van der Waals surface area contributed by atoms with Crippen LogP contribution in [0.2, 0.25) is 5.02 Å². The molecule has 1 heterocycles. The minimum absolute atomic E-state index is 0.0236. The Hall–Kier alpha value is -3.43. The average Bonchev–Trinajstić information content (AvgIpc) is 3.28. The first-order valence-corrected chi connectivity index (χ1v) is 10.1. The highest BCUT2D eigenvalue weighted by Crippen LogP contribution is 2.31. The van der Waals surface area contributed by atoms with Crippen LogP contribution in [0.3, 0.4) is 0 Å². The van der Waals surface area contributed by atoms with Crippen LogP contribution in [0.25, 0.3) is 0 Å². The Morgan fingerprint density at radius 3 is 1.97 bits per heavy atom. The predicted octanol–water partition coefficient (Wildman–Crippen LogP) is 6.23. The summed E-state index contributed by atoms with van der Waals surface area (Å²) >= 11 is 6.08. The van der Waals surface area contributed by atoms with E-state index in [2.05, 4.69) is 0 Å². The van der Waals surface area contributed by atoms with Crippen LogP contribution in [-0.2, 0) is 0 Å². The van der Waals surface area contributed by atoms with E-state index >= 15 is 0 Å². The maximum atomic E-state index is 13.1. The zero-order chi connectivity index (χ0) is 20.9. The van der Waals surface area contributed by atoms with Crippen LogP contribution in [-0.4, -0.2) is 16.3 Å². The second kappa shape index (κ2) is 8.93. The van der Waals surface area contributed by atoms with E-state index in [1.807, 2.05) is 84.9 Å². The molecule has 30 heavy (non-hydrogen) atoms. The lowest BCUT2D eigenvalue weighted by Gasteiger charge is -2.19. The molecule has 0 fully saturated rings. The van der Waals surface area contributed by atoms with Gasteiger partial charge in [-0.05, 0) is 42.0 Å². The highest BCUT2D eigenvalue weighted by Gasteiger charge is 2.24. The van der Waals surface area contributed by atoms with Crippen LogP contribution in [0.1, 0.15) is 44.3 Å². The van der Waals surface area contributed by atoms with Gasteiger partial charge in [0.15, 0.2) is 5.78 Å². The summed E-state index contributed by atoms with van der Waals surface area (Å²) in [5.41, 5.74) is 2.96. The highest BCUT2D eigenvalue weighted by molar-refractivity contribution is 6.30. The van der Waals surface area contributed by atoms with Crippen molar-refractivity contribution in [3.05, 3.63) is 131 Å². The third-order valence-corrected chi connectivity index (χ3v) is 5.39. The molecule has 4 aromatic rings. The summed E-state index contributed by atoms with van der Waals surface area (Å²) in [6.07, 6.45) is 2.00. The maximum Gasteiger partial charge on any atom is 0.262 e. The molecule has 148 valence electrons. The molecule has 0 bridgehead atoms. The number of halogens is 1. The Morgan fingerprint density at radius 1 is 0.733 bits per heavy atom. The molecule has 0 saturated heterocycles. The van der Waals surface area contributed by atoms with Gasteiger partial charge in [0, 0.05) is 40.4 Å². The van der Waals surface area contributed by atoms with Crippen LogP contribution in [0.5, 0.6) is 0 Å². The smallest absolute Gasteiger partial charge is 0.262 e. The largest absolute Gasteiger partial charge is 0.294 e. The van der Waals surface area contributed by atoms with Gasteiger partial charge in [0.1, 0.15) is 0 Å². The van der Waals surface area contributed by atoms with E-state index in [0.717, 1.165) is 11.3 Å². The van der Waals surface area contributed by atoms with Crippen molar-refractivity contribution >= 4 is 23.3 Å². The SMILES string of the molecule is O=C(CC(c1ccc(Cl)cc1)c1cccn1C(=O)c1ccccc1)c1ccccc1. The lowest BCUT2D eigenvalue weighted by Crippen LogP contribution is -2.18. The number of rotatable bonds is 6. The number of ketones is 1. The molecule has 0 aliphatic carbocycles. The first-order valence-electron chi connectivity index (χ1n) is 9.74. The molecule has 0 N–H and O–H groups in total. The monoisotopic (exact) mass is 413 g/mol. The van der Waals surface area contributed by atoms with E-state index in [1.54, 1.807) is 22.9 Å². The number of Topliss-reactive ketones (excluding diaryl/α,β-unsaturated/α-hetero) is 1. The van der Waals surface area contributed by atoms with Gasteiger partial charge in [0.25, 0.3) is 5.91 Å². The molecule has 1 atom stereocenters. The number of hydrogen-bond acceptors (Lipinski definition) is 2. The number of aromatic nitrogens is 1. The summed E-state index contributed by atoms with van der Waals surface area (Å²) in [4.78, 5) is 26.2. The molecule has 0 radical (unpaired) electrons. The van der Waals surface area contributed by atoms with E-state index in [4.69, 9.17) is 11.6 Å². The fraction of sp³-hybridized carbons (Fsp3) is 0.0769. The molecule has 4 rings (SSSR count). The summed E-state index contributed by atoms with van der Waals surface area (Å²) in [5, 5.41) is 0.627. The summed E-state index contributed by atoms with van der Waals surface area (Å²) in [6, 6.07) is 29.5. The summed E-state index contributed by atoms with van der Waals surface area (Å²) < 4.78 is 1.63. The topological polar surface area (TPSA) is 39.1 Å². The van der Waals surface area contributed by atoms with Crippen molar-refractivity contribution < 1.29 is 9.59 Å². The second-order valence-electron chi connectivity index (χ2n) is 7.07. The number of carbonyl (C=O) groups excluding carboxylic acids is 2. The molecule has 3 nitrogen and oxygen atoms in total. The summed E-state index contributed by atoms with van der Waals surface area (Å²) in [5.74, 6) is -0.380. The predicted molar refractivity (Wildman–Crippen MR) is 119 cm³/mol. The second-order valence-corrected chi connectivity index (χ2v) is 7.51. The number of nitrogens with zero attached hydrogens (tertiary/aromatic N) is 1. The number of benzene rings is 3. The van der Waals surface area contributed by atoms with Crippen molar-refractivity contribution in [2.24, 2.45) is 0 Å². The van der Waals surface area contributed by atoms with E-state index in [-0.39, 0.29) is 24.0 Å². The van der Waals surface area contributed by atoms with Crippen molar-refractivity contribution in [1.82, 2.24) is 4.57 Å². The first-order chi connectivity index (χ1) is 14.6. The number of hydrogen-bond donors (Lipinski definition) is 0. The van der Waals surface area contributed by atoms with Crippen molar-refractivity contribution in [1.29, 1.82) is 0 Å². The zero-order valence-corrected chi connectivity index (χ0v) is 17.0. The third kappa shape index (κ3) is 4.27. The maximum absolute atomic E-state index is 13.1. The Bertz CT molecular complexity index is 1150. The van der Waals surface area contributed by atoms with Crippen LogP contribution < -0.4 is 0 Å². The van der Waals surface area contributed by atoms with Gasteiger partial charge in [-0.2, -0.15) is 0 Å². The molecule has 0 amide bonds. The van der Waals surface area contributed by atoms with E-state index in [0.29, 0.717) is 16.1 Å². The lowest BCUT2D eigenvalue weighted by molar-refractivity contribution is 0.0943. The Labute approximate surface area is 180 Å². The Kier molecular flexibility index (Phi) is 5.92. The van der Waals surface area contributed by atoms with Gasteiger partial charge in [-0.15, -0.1) is 0 Å². The van der Waals surface area contributed by atoms with Gasteiger partial charge in [-0.1, -0.05) is 72.3 Å². The van der Waals surface area contributed by atoms with Gasteiger partial charge in [-0.25, -0.2) is 0 Å². The fourth-order valence-corrected chi connectivity index (χ4v) is 3.72. The third-order valence-electron chi connectivity index (χ3n) is 5.13. The van der Waals surface area contributed by atoms with Gasteiger partial charge in [-0.3, -0.25) is 14.2 Å². The van der Waals surface area contributed by atoms with Crippen molar-refractivity contribution in [2.45, 2.75) is 12.3 Å². The van der Waals surface area contributed by atoms with Gasteiger partial charge in [0.05, 0.1) is 0 Å². The molecule has 0 aliphatic rings. The van der Waals surface area contributed by atoms with Crippen molar-refractivity contribution in [3.63, 3.8) is 0 Å². The zero-order valence-electron chi connectivity index (χ0n) is 16.2. The molecule has 1 aromatic heterocycles. The van der Waals surface area contributed by atoms with Crippen LogP contribution in [0.4, 0.5) is 0 Å². The molecule has 3 aromatic carbocycles. The quantitative estimate of drug-likeness (QED) is 0.351. The average molecular weight is 414 g/mol. The summed E-state index contributed by atoms with van der Waals surface area (Å²) in [7, 11) is 0. The van der Waals surface area contributed by atoms with Crippen LogP contribution in [0, 0.1) is 0 Å². The van der Waals surface area contributed by atoms with Crippen LogP contribution in [0.15, 0.2) is 103 Å². The molecule has 4 heteroatoms. The normalized spacial score (nSPS) is 11.8. The minimum Gasteiger partial charge on any atom is -0.294 e. The molecular formula is C26H20ClNO2. The molecule has 0 spiro atoms. The van der Waals surface area contributed by atoms with Crippen molar-refractivity contribution in [3.8, 4) is 0 Å². The van der Waals surface area contributed by atoms with Gasteiger partial charge >= 0.3 is 0 Å². The Morgan fingerprint density at radius 2 is 1.33 bits per heavy atom. The first kappa shape index (κ1) is 19.9. The van der Waals surface area contributed by atoms with Gasteiger partial charge < -0.3 is 0 Å². The molecule has 0 aliphatic heterocycles. The molecule has 1 unspecified atom stereocenters. The van der Waals surface area contributed by atoms with Crippen molar-refractivity contribution in [2.75, 3.05) is 0 Å². The van der Waals surface area contributed by atoms with Gasteiger partial charge in [0.2, 0.25) is 0 Å². The van der Waals surface area contributed by atoms with E-state index in [9.17, 15) is 9.59 Å². The van der Waals surface area contributed by atoms with Crippen LogP contribution >= 0.6 is 11.6 Å². The van der Waals surface area contributed by atoms with E-state index in [1.165, 1.54) is 0 Å². The minimum atomic E-state index is -0.280. The Balaban J connectivity index is 1.74. The molecular weight excluding hydrogens is 394 g/mol.